The summed E-state index contributed by atoms with van der Waals surface area (Å²) >= 11 is 6.27. The molecule has 2 aromatic heterocycles. The monoisotopic (exact) mass is 340 g/mol. The van der Waals surface area contributed by atoms with Crippen LogP contribution >= 0.6 is 11.6 Å². The van der Waals surface area contributed by atoms with Gasteiger partial charge in [-0.25, -0.2) is 4.98 Å². The Morgan fingerprint density at radius 2 is 1.92 bits per heavy atom. The summed E-state index contributed by atoms with van der Waals surface area (Å²) in [7, 11) is 0. The van der Waals surface area contributed by atoms with Gasteiger partial charge >= 0.3 is 0 Å². The molecule has 1 saturated carbocycles. The summed E-state index contributed by atoms with van der Waals surface area (Å²) in [6.45, 7) is 0. The third-order valence-electron chi connectivity index (χ3n) is 4.96. The molecule has 5 nitrogen and oxygen atoms in total. The number of nitrogen functional groups attached to an aromatic ring is 1. The lowest BCUT2D eigenvalue weighted by Crippen LogP contribution is -2.38. The number of pyridine rings is 1. The first-order valence-electron chi connectivity index (χ1n) is 7.86. The average molecular weight is 341 g/mol. The van der Waals surface area contributed by atoms with E-state index in [0.717, 1.165) is 24.8 Å². The van der Waals surface area contributed by atoms with Crippen LogP contribution in [0.1, 0.15) is 41.0 Å². The molecule has 0 bridgehead atoms. The van der Waals surface area contributed by atoms with Crippen molar-refractivity contribution >= 4 is 28.8 Å². The number of carbonyl (C=O) groups excluding carboxylic acids is 1. The fourth-order valence-corrected chi connectivity index (χ4v) is 3.80. The summed E-state index contributed by atoms with van der Waals surface area (Å²) in [5.74, 6) is -0.499. The van der Waals surface area contributed by atoms with Crippen molar-refractivity contribution in [3.8, 4) is 0 Å². The highest BCUT2D eigenvalue weighted by Crippen LogP contribution is 2.50. The Bertz CT molecular complexity index is 942. The molecule has 122 valence electrons. The molecule has 0 saturated heterocycles. The SMILES string of the molecule is NC(=O)c1c(C2(c3ccc(N)cc3)CCC2)nc2c(Cl)cccn12. The van der Waals surface area contributed by atoms with Crippen LogP contribution in [0.25, 0.3) is 5.65 Å². The summed E-state index contributed by atoms with van der Waals surface area (Å²) in [5, 5.41) is 0.498. The second-order valence-corrected chi connectivity index (χ2v) is 6.69. The average Bonchev–Trinajstić information content (AvgIpc) is 2.89. The maximum absolute atomic E-state index is 12.2. The first kappa shape index (κ1) is 15.0. The number of halogens is 1. The quantitative estimate of drug-likeness (QED) is 0.718. The summed E-state index contributed by atoms with van der Waals surface area (Å²) in [5.41, 5.74) is 14.7. The standard InChI is InChI=1S/C18H17ClN4O/c19-13-3-1-10-23-14(16(21)24)15(22-17(13)23)18(8-2-9-18)11-4-6-12(20)7-5-11/h1,3-7,10H,2,8-9,20H2,(H2,21,24). The van der Waals surface area contributed by atoms with Crippen LogP contribution < -0.4 is 11.5 Å². The molecule has 0 aliphatic heterocycles. The fourth-order valence-electron chi connectivity index (χ4n) is 3.60. The van der Waals surface area contributed by atoms with E-state index in [1.807, 2.05) is 24.3 Å². The number of aromatic nitrogens is 2. The molecule has 4 N–H and O–H groups in total. The number of carbonyl (C=O) groups is 1. The number of benzene rings is 1. The van der Waals surface area contributed by atoms with E-state index >= 15 is 0 Å². The van der Waals surface area contributed by atoms with Gasteiger partial charge in [-0.05, 0) is 42.7 Å². The lowest BCUT2D eigenvalue weighted by atomic mass is 9.62. The number of rotatable bonds is 3. The Labute approximate surface area is 144 Å². The van der Waals surface area contributed by atoms with Crippen LogP contribution in [0, 0.1) is 0 Å². The highest BCUT2D eigenvalue weighted by atomic mass is 35.5. The van der Waals surface area contributed by atoms with Crippen LogP contribution in [0.4, 0.5) is 5.69 Å². The van der Waals surface area contributed by atoms with Crippen molar-refractivity contribution < 1.29 is 4.79 Å². The topological polar surface area (TPSA) is 86.4 Å². The number of nitrogens with zero attached hydrogens (tertiary/aromatic N) is 2. The number of nitrogens with two attached hydrogens (primary N) is 2. The van der Waals surface area contributed by atoms with Crippen molar-refractivity contribution in [1.29, 1.82) is 0 Å². The molecular formula is C18H17ClN4O. The number of anilines is 1. The Balaban J connectivity index is 2.00. The number of amides is 1. The van der Waals surface area contributed by atoms with E-state index < -0.39 is 5.91 Å². The molecule has 1 fully saturated rings. The molecule has 0 unspecified atom stereocenters. The van der Waals surface area contributed by atoms with Gasteiger partial charge < -0.3 is 11.5 Å². The zero-order valence-electron chi connectivity index (χ0n) is 13.0. The number of fused-ring (bicyclic) bond motifs is 1. The summed E-state index contributed by atoms with van der Waals surface area (Å²) in [6.07, 6.45) is 4.68. The molecular weight excluding hydrogens is 324 g/mol. The van der Waals surface area contributed by atoms with E-state index in [1.165, 1.54) is 0 Å². The summed E-state index contributed by atoms with van der Waals surface area (Å²) in [4.78, 5) is 16.9. The first-order valence-corrected chi connectivity index (χ1v) is 8.23. The molecule has 1 amide bonds. The zero-order valence-corrected chi connectivity index (χ0v) is 13.8. The number of hydrogen-bond donors (Lipinski definition) is 2. The second-order valence-electron chi connectivity index (χ2n) is 6.28. The predicted octanol–water partition coefficient (Wildman–Crippen LogP) is 3.14. The van der Waals surface area contributed by atoms with E-state index in [0.29, 0.717) is 27.7 Å². The molecule has 1 aliphatic rings. The smallest absolute Gasteiger partial charge is 0.267 e. The molecule has 24 heavy (non-hydrogen) atoms. The summed E-state index contributed by atoms with van der Waals surface area (Å²) in [6, 6.07) is 11.3. The van der Waals surface area contributed by atoms with E-state index in [2.05, 4.69) is 0 Å². The van der Waals surface area contributed by atoms with Gasteiger partial charge in [0.05, 0.1) is 10.7 Å². The normalized spacial score (nSPS) is 16.0. The molecule has 0 spiro atoms. The van der Waals surface area contributed by atoms with Gasteiger partial charge in [-0.3, -0.25) is 9.20 Å². The molecule has 3 aromatic rings. The largest absolute Gasteiger partial charge is 0.399 e. The first-order chi connectivity index (χ1) is 11.5. The van der Waals surface area contributed by atoms with Crippen molar-refractivity contribution in [2.45, 2.75) is 24.7 Å². The van der Waals surface area contributed by atoms with Gasteiger partial charge in [0.15, 0.2) is 5.65 Å². The highest BCUT2D eigenvalue weighted by molar-refractivity contribution is 6.33. The van der Waals surface area contributed by atoms with E-state index in [9.17, 15) is 4.79 Å². The van der Waals surface area contributed by atoms with Crippen LogP contribution in [0.2, 0.25) is 5.02 Å². The zero-order chi connectivity index (χ0) is 16.9. The van der Waals surface area contributed by atoms with E-state index in [4.69, 9.17) is 28.1 Å². The fraction of sp³-hybridized carbons (Fsp3) is 0.222. The van der Waals surface area contributed by atoms with Crippen LogP contribution in [0.3, 0.4) is 0 Å². The Morgan fingerprint density at radius 1 is 1.21 bits per heavy atom. The molecule has 1 aliphatic carbocycles. The number of hydrogen-bond acceptors (Lipinski definition) is 3. The molecule has 1 aromatic carbocycles. The predicted molar refractivity (Wildman–Crippen MR) is 94.2 cm³/mol. The second kappa shape index (κ2) is 5.24. The van der Waals surface area contributed by atoms with Gasteiger partial charge in [0.2, 0.25) is 0 Å². The van der Waals surface area contributed by atoms with Crippen molar-refractivity contribution in [3.63, 3.8) is 0 Å². The van der Waals surface area contributed by atoms with Crippen molar-refractivity contribution in [1.82, 2.24) is 9.38 Å². The molecule has 4 rings (SSSR count). The lowest BCUT2D eigenvalue weighted by Gasteiger charge is -2.41. The Kier molecular flexibility index (Phi) is 3.28. The van der Waals surface area contributed by atoms with Crippen LogP contribution in [0.15, 0.2) is 42.6 Å². The van der Waals surface area contributed by atoms with Crippen LogP contribution in [-0.4, -0.2) is 15.3 Å². The van der Waals surface area contributed by atoms with Gasteiger partial charge in [-0.1, -0.05) is 30.2 Å². The van der Waals surface area contributed by atoms with Crippen LogP contribution in [-0.2, 0) is 5.41 Å². The van der Waals surface area contributed by atoms with Gasteiger partial charge in [-0.15, -0.1) is 0 Å². The Hall–Kier alpha value is -2.53. The molecule has 6 heteroatoms. The lowest BCUT2D eigenvalue weighted by molar-refractivity contribution is 0.0990. The third-order valence-corrected chi connectivity index (χ3v) is 5.25. The van der Waals surface area contributed by atoms with Crippen molar-refractivity contribution in [3.05, 3.63) is 64.6 Å². The van der Waals surface area contributed by atoms with Gasteiger partial charge in [0, 0.05) is 17.3 Å². The van der Waals surface area contributed by atoms with E-state index in [-0.39, 0.29) is 5.41 Å². The van der Waals surface area contributed by atoms with Gasteiger partial charge in [0.25, 0.3) is 5.91 Å². The number of primary amides is 1. The minimum Gasteiger partial charge on any atom is -0.399 e. The maximum atomic E-state index is 12.2. The molecule has 2 heterocycles. The van der Waals surface area contributed by atoms with Crippen molar-refractivity contribution in [2.24, 2.45) is 5.73 Å². The van der Waals surface area contributed by atoms with Gasteiger partial charge in [0.1, 0.15) is 5.69 Å². The molecule has 0 radical (unpaired) electrons. The number of imidazole rings is 1. The van der Waals surface area contributed by atoms with Crippen LogP contribution in [0.5, 0.6) is 0 Å². The minimum absolute atomic E-state index is 0.312. The van der Waals surface area contributed by atoms with Gasteiger partial charge in [-0.2, -0.15) is 0 Å². The van der Waals surface area contributed by atoms with Crippen molar-refractivity contribution in [2.75, 3.05) is 5.73 Å². The van der Waals surface area contributed by atoms with E-state index in [1.54, 1.807) is 22.7 Å². The summed E-state index contributed by atoms with van der Waals surface area (Å²) < 4.78 is 1.69. The third kappa shape index (κ3) is 2.01. The maximum Gasteiger partial charge on any atom is 0.267 e. The molecule has 0 atom stereocenters. The minimum atomic E-state index is -0.499. The Morgan fingerprint density at radius 3 is 2.50 bits per heavy atom. The highest BCUT2D eigenvalue weighted by Gasteiger charge is 2.45.